The molecule has 1 aliphatic rings. The van der Waals surface area contributed by atoms with E-state index in [9.17, 15) is 4.39 Å². The zero-order chi connectivity index (χ0) is 15.1. The third-order valence-electron chi connectivity index (χ3n) is 4.64. The molecule has 0 amide bonds. The number of methoxy groups -OCH3 is 1. The summed E-state index contributed by atoms with van der Waals surface area (Å²) in [5, 5.41) is 3.58. The zero-order valence-corrected chi connectivity index (χ0v) is 13.4. The Bertz CT molecular complexity index is 441. The van der Waals surface area contributed by atoms with Gasteiger partial charge in [-0.2, -0.15) is 0 Å². The van der Waals surface area contributed by atoms with Crippen molar-refractivity contribution >= 4 is 0 Å². The van der Waals surface area contributed by atoms with Crippen LogP contribution in [-0.4, -0.2) is 20.2 Å². The lowest BCUT2D eigenvalue weighted by Gasteiger charge is -2.38. The number of nitrogens with one attached hydrogen (secondary N) is 1. The first-order valence-electron chi connectivity index (χ1n) is 8.22. The lowest BCUT2D eigenvalue weighted by atomic mass is 9.70. The molecule has 1 N–H and O–H groups in total. The lowest BCUT2D eigenvalue weighted by Crippen LogP contribution is -2.38. The molecular weight excluding hydrogens is 265 g/mol. The molecule has 2 rings (SSSR count). The van der Waals surface area contributed by atoms with Crippen LogP contribution in [0.15, 0.2) is 18.2 Å². The van der Waals surface area contributed by atoms with E-state index in [2.05, 4.69) is 12.2 Å². The van der Waals surface area contributed by atoms with E-state index < -0.39 is 0 Å². The van der Waals surface area contributed by atoms with Crippen molar-refractivity contribution in [2.45, 2.75) is 51.9 Å². The minimum atomic E-state index is -0.248. The van der Waals surface area contributed by atoms with Crippen LogP contribution in [0.5, 0.6) is 5.75 Å². The predicted octanol–water partition coefficient (Wildman–Crippen LogP) is 4.33. The van der Waals surface area contributed by atoms with Crippen molar-refractivity contribution in [3.8, 4) is 5.75 Å². The van der Waals surface area contributed by atoms with Gasteiger partial charge in [0.1, 0.15) is 0 Å². The van der Waals surface area contributed by atoms with Gasteiger partial charge in [0.15, 0.2) is 11.6 Å². The normalized spacial score (nSPS) is 17.7. The van der Waals surface area contributed by atoms with Gasteiger partial charge in [-0.1, -0.05) is 32.3 Å². The quantitative estimate of drug-likeness (QED) is 0.756. The minimum absolute atomic E-state index is 0.248. The van der Waals surface area contributed by atoms with E-state index in [-0.39, 0.29) is 5.82 Å². The van der Waals surface area contributed by atoms with Gasteiger partial charge in [-0.15, -0.1) is 0 Å². The van der Waals surface area contributed by atoms with Crippen molar-refractivity contribution in [2.24, 2.45) is 5.41 Å². The van der Waals surface area contributed by atoms with Gasteiger partial charge in [0.25, 0.3) is 0 Å². The summed E-state index contributed by atoms with van der Waals surface area (Å²) in [7, 11) is 1.51. The summed E-state index contributed by atoms with van der Waals surface area (Å²) in [5.41, 5.74) is 1.39. The largest absolute Gasteiger partial charge is 0.494 e. The number of hydrogen-bond acceptors (Lipinski definition) is 2. The molecule has 1 aromatic rings. The van der Waals surface area contributed by atoms with Gasteiger partial charge in [-0.3, -0.25) is 0 Å². The SMILES string of the molecule is CCCNCC1(Cc2ccc(OC)c(F)c2)CCCCC1. The highest BCUT2D eigenvalue weighted by Gasteiger charge is 2.31. The topological polar surface area (TPSA) is 21.3 Å². The van der Waals surface area contributed by atoms with E-state index in [0.29, 0.717) is 11.2 Å². The third-order valence-corrected chi connectivity index (χ3v) is 4.64. The first-order valence-corrected chi connectivity index (χ1v) is 8.22. The van der Waals surface area contributed by atoms with Crippen LogP contribution in [0.1, 0.15) is 51.0 Å². The summed E-state index contributed by atoms with van der Waals surface area (Å²) in [6.07, 6.45) is 8.55. The number of hydrogen-bond donors (Lipinski definition) is 1. The summed E-state index contributed by atoms with van der Waals surface area (Å²) in [6, 6.07) is 5.41. The molecule has 1 aromatic carbocycles. The van der Waals surface area contributed by atoms with Crippen LogP contribution in [-0.2, 0) is 6.42 Å². The van der Waals surface area contributed by atoms with Crippen molar-refractivity contribution in [1.29, 1.82) is 0 Å². The molecule has 0 aromatic heterocycles. The summed E-state index contributed by atoms with van der Waals surface area (Å²) in [6.45, 7) is 4.31. The molecule has 1 saturated carbocycles. The van der Waals surface area contributed by atoms with Gasteiger partial charge in [-0.25, -0.2) is 4.39 Å². The molecule has 0 bridgehead atoms. The average molecular weight is 293 g/mol. The lowest BCUT2D eigenvalue weighted by molar-refractivity contribution is 0.181. The fourth-order valence-electron chi connectivity index (χ4n) is 3.50. The van der Waals surface area contributed by atoms with E-state index in [0.717, 1.165) is 31.5 Å². The zero-order valence-electron chi connectivity index (χ0n) is 13.4. The molecule has 0 aliphatic heterocycles. The van der Waals surface area contributed by atoms with Gasteiger partial charge in [-0.05, 0) is 55.3 Å². The Labute approximate surface area is 128 Å². The smallest absolute Gasteiger partial charge is 0.165 e. The number of halogens is 1. The fraction of sp³-hybridized carbons (Fsp3) is 0.667. The first-order chi connectivity index (χ1) is 10.2. The van der Waals surface area contributed by atoms with Gasteiger partial charge >= 0.3 is 0 Å². The Morgan fingerprint density at radius 1 is 1.24 bits per heavy atom. The van der Waals surface area contributed by atoms with Crippen molar-refractivity contribution in [3.63, 3.8) is 0 Å². The summed E-state index contributed by atoms with van der Waals surface area (Å²) in [4.78, 5) is 0. The van der Waals surface area contributed by atoms with Gasteiger partial charge in [0, 0.05) is 6.54 Å². The molecule has 0 radical (unpaired) electrons. The van der Waals surface area contributed by atoms with Crippen molar-refractivity contribution in [2.75, 3.05) is 20.2 Å². The summed E-state index contributed by atoms with van der Waals surface area (Å²) < 4.78 is 18.9. The summed E-state index contributed by atoms with van der Waals surface area (Å²) in [5.74, 6) is 0.0861. The molecule has 3 heteroatoms. The molecule has 1 fully saturated rings. The molecule has 0 atom stereocenters. The van der Waals surface area contributed by atoms with E-state index >= 15 is 0 Å². The maximum Gasteiger partial charge on any atom is 0.165 e. The maximum atomic E-state index is 13.9. The number of ether oxygens (including phenoxy) is 1. The van der Waals surface area contributed by atoms with Crippen LogP contribution in [0.4, 0.5) is 4.39 Å². The third kappa shape index (κ3) is 4.44. The molecule has 0 heterocycles. The van der Waals surface area contributed by atoms with Crippen LogP contribution < -0.4 is 10.1 Å². The number of benzene rings is 1. The molecule has 0 saturated heterocycles. The molecule has 2 nitrogen and oxygen atoms in total. The second-order valence-corrected chi connectivity index (χ2v) is 6.38. The molecule has 21 heavy (non-hydrogen) atoms. The first kappa shape index (κ1) is 16.3. The van der Waals surface area contributed by atoms with Crippen LogP contribution in [0.3, 0.4) is 0 Å². The Hall–Kier alpha value is -1.09. The van der Waals surface area contributed by atoms with Crippen LogP contribution >= 0.6 is 0 Å². The van der Waals surface area contributed by atoms with E-state index in [4.69, 9.17) is 4.74 Å². The Morgan fingerprint density at radius 3 is 2.62 bits per heavy atom. The highest BCUT2D eigenvalue weighted by atomic mass is 19.1. The van der Waals surface area contributed by atoms with Crippen LogP contribution in [0, 0.1) is 11.2 Å². The molecule has 1 aliphatic carbocycles. The predicted molar refractivity (Wildman–Crippen MR) is 85.3 cm³/mol. The van der Waals surface area contributed by atoms with E-state index in [1.807, 2.05) is 6.07 Å². The fourth-order valence-corrected chi connectivity index (χ4v) is 3.50. The second kappa shape index (κ2) is 7.79. The molecule has 118 valence electrons. The molecular formula is C18H28FNO. The van der Waals surface area contributed by atoms with Crippen LogP contribution in [0.25, 0.3) is 0 Å². The molecule has 0 unspecified atom stereocenters. The minimum Gasteiger partial charge on any atom is -0.494 e. The Balaban J connectivity index is 2.08. The standard InChI is InChI=1S/C18H28FNO/c1-3-11-20-14-18(9-5-4-6-10-18)13-15-7-8-17(21-2)16(19)12-15/h7-8,12,20H,3-6,9-11,13-14H2,1-2H3. The molecule has 0 spiro atoms. The second-order valence-electron chi connectivity index (χ2n) is 6.38. The van der Waals surface area contributed by atoms with Crippen molar-refractivity contribution in [1.82, 2.24) is 5.32 Å². The Morgan fingerprint density at radius 2 is 2.00 bits per heavy atom. The van der Waals surface area contributed by atoms with Crippen molar-refractivity contribution < 1.29 is 9.13 Å². The van der Waals surface area contributed by atoms with Crippen molar-refractivity contribution in [3.05, 3.63) is 29.6 Å². The van der Waals surface area contributed by atoms with Gasteiger partial charge in [0.2, 0.25) is 0 Å². The average Bonchev–Trinajstić information content (AvgIpc) is 2.49. The van der Waals surface area contributed by atoms with E-state index in [1.165, 1.54) is 39.2 Å². The highest BCUT2D eigenvalue weighted by Crippen LogP contribution is 2.39. The highest BCUT2D eigenvalue weighted by molar-refractivity contribution is 5.30. The Kier molecular flexibility index (Phi) is 6.04. The monoisotopic (exact) mass is 293 g/mol. The summed E-state index contributed by atoms with van der Waals surface area (Å²) >= 11 is 0. The van der Waals surface area contributed by atoms with E-state index in [1.54, 1.807) is 12.1 Å². The van der Waals surface area contributed by atoms with Crippen LogP contribution in [0.2, 0.25) is 0 Å². The van der Waals surface area contributed by atoms with Gasteiger partial charge < -0.3 is 10.1 Å². The van der Waals surface area contributed by atoms with Gasteiger partial charge in [0.05, 0.1) is 7.11 Å². The maximum absolute atomic E-state index is 13.9. The number of rotatable bonds is 7.